The smallest absolute Gasteiger partial charge is 0.267 e. The highest BCUT2D eigenvalue weighted by atomic mass is 32.2. The van der Waals surface area contributed by atoms with Gasteiger partial charge in [0, 0.05) is 24.2 Å². The lowest BCUT2D eigenvalue weighted by Crippen LogP contribution is -2.22. The topological polar surface area (TPSA) is 82.2 Å². The Kier molecular flexibility index (Phi) is 5.07. The fourth-order valence-electron chi connectivity index (χ4n) is 3.52. The van der Waals surface area contributed by atoms with Crippen molar-refractivity contribution >= 4 is 28.3 Å². The van der Waals surface area contributed by atoms with Gasteiger partial charge < -0.3 is 0 Å². The normalized spacial score (nSPS) is 11.3. The first-order valence-electron chi connectivity index (χ1n) is 10.1. The van der Waals surface area contributed by atoms with E-state index in [-0.39, 0.29) is 11.1 Å². The summed E-state index contributed by atoms with van der Waals surface area (Å²) in [6.07, 6.45) is 3.40. The molecule has 4 heterocycles. The number of nitrogens with zero attached hydrogens (tertiary/aromatic N) is 5. The number of thioether (sulfide) groups is 1. The van der Waals surface area contributed by atoms with Gasteiger partial charge in [-0.3, -0.25) is 14.0 Å². The quantitative estimate of drug-likeness (QED) is 0.312. The molecule has 32 heavy (non-hydrogen) atoms. The molecule has 1 aromatic carbocycles. The molecular formula is C24H19N5O2S. The van der Waals surface area contributed by atoms with Crippen LogP contribution in [0.15, 0.2) is 81.7 Å². The molecule has 0 amide bonds. The van der Waals surface area contributed by atoms with Crippen LogP contribution in [0.25, 0.3) is 22.4 Å². The maximum atomic E-state index is 13.3. The Morgan fingerprint density at radius 2 is 1.75 bits per heavy atom. The van der Waals surface area contributed by atoms with Gasteiger partial charge in [-0.05, 0) is 61.4 Å². The van der Waals surface area contributed by atoms with E-state index in [1.54, 1.807) is 18.5 Å². The molecule has 4 aromatic heterocycles. The minimum atomic E-state index is -0.182. The van der Waals surface area contributed by atoms with E-state index in [0.29, 0.717) is 39.0 Å². The van der Waals surface area contributed by atoms with Crippen LogP contribution in [0.4, 0.5) is 0 Å². The predicted octanol–water partition coefficient (Wildman–Crippen LogP) is 3.70. The molecule has 5 aromatic rings. The van der Waals surface area contributed by atoms with E-state index in [0.717, 1.165) is 11.1 Å². The van der Waals surface area contributed by atoms with Crippen molar-refractivity contribution < 1.29 is 0 Å². The number of aryl methyl sites for hydroxylation is 2. The van der Waals surface area contributed by atoms with E-state index in [1.807, 2.05) is 56.3 Å². The van der Waals surface area contributed by atoms with Crippen LogP contribution in [0.2, 0.25) is 0 Å². The SMILES string of the molecule is Cc1ccnc(-n2c(SCc3cc(=O)n4ccc(C)cc4n3)nc3ccccc3c2=O)c1. The molecule has 0 bridgehead atoms. The predicted molar refractivity (Wildman–Crippen MR) is 126 cm³/mol. The minimum Gasteiger partial charge on any atom is -0.269 e. The molecule has 0 fully saturated rings. The largest absolute Gasteiger partial charge is 0.269 e. The molecule has 0 radical (unpaired) electrons. The van der Waals surface area contributed by atoms with Crippen LogP contribution < -0.4 is 11.1 Å². The number of pyridine rings is 2. The summed E-state index contributed by atoms with van der Waals surface area (Å²) in [5.74, 6) is 0.897. The Morgan fingerprint density at radius 3 is 2.59 bits per heavy atom. The number of fused-ring (bicyclic) bond motifs is 2. The van der Waals surface area contributed by atoms with E-state index >= 15 is 0 Å². The summed E-state index contributed by atoms with van der Waals surface area (Å²) in [6, 6.07) is 16.2. The molecule has 0 saturated heterocycles. The van der Waals surface area contributed by atoms with Gasteiger partial charge in [0.2, 0.25) is 0 Å². The first-order valence-corrected chi connectivity index (χ1v) is 11.0. The van der Waals surface area contributed by atoms with Gasteiger partial charge in [-0.2, -0.15) is 0 Å². The molecule has 0 aliphatic carbocycles. The van der Waals surface area contributed by atoms with Crippen LogP contribution in [-0.2, 0) is 5.75 Å². The summed E-state index contributed by atoms with van der Waals surface area (Å²) in [6.45, 7) is 3.91. The Morgan fingerprint density at radius 1 is 0.938 bits per heavy atom. The fourth-order valence-corrected chi connectivity index (χ4v) is 4.41. The third kappa shape index (κ3) is 3.69. The van der Waals surface area contributed by atoms with Crippen LogP contribution in [-0.4, -0.2) is 23.9 Å². The lowest BCUT2D eigenvalue weighted by atomic mass is 10.2. The Hall–Kier alpha value is -3.78. The second-order valence-corrected chi connectivity index (χ2v) is 8.49. The molecule has 0 N–H and O–H groups in total. The van der Waals surface area contributed by atoms with E-state index in [1.165, 1.54) is 26.8 Å². The Bertz CT molecular complexity index is 1610. The van der Waals surface area contributed by atoms with Crippen molar-refractivity contribution in [3.63, 3.8) is 0 Å². The second kappa shape index (κ2) is 8.05. The monoisotopic (exact) mass is 441 g/mol. The van der Waals surface area contributed by atoms with Gasteiger partial charge in [-0.25, -0.2) is 19.5 Å². The lowest BCUT2D eigenvalue weighted by molar-refractivity contribution is 0.794. The summed E-state index contributed by atoms with van der Waals surface area (Å²) >= 11 is 1.35. The third-order valence-corrected chi connectivity index (χ3v) is 6.07. The van der Waals surface area contributed by atoms with E-state index in [9.17, 15) is 9.59 Å². The molecular weight excluding hydrogens is 422 g/mol. The molecule has 5 rings (SSSR count). The standard InChI is InChI=1S/C24H19N5O2S/c1-15-7-9-25-20(11-15)29-23(31)18-5-3-4-6-19(18)27-24(29)32-14-17-13-22(30)28-10-8-16(2)12-21(28)26-17/h3-13H,14H2,1-2H3. The molecule has 0 saturated carbocycles. The molecule has 0 unspecified atom stereocenters. The van der Waals surface area contributed by atoms with Crippen LogP contribution in [0, 0.1) is 13.8 Å². The van der Waals surface area contributed by atoms with Crippen molar-refractivity contribution in [3.05, 3.63) is 105 Å². The van der Waals surface area contributed by atoms with Crippen LogP contribution in [0.3, 0.4) is 0 Å². The van der Waals surface area contributed by atoms with Crippen LogP contribution in [0.5, 0.6) is 0 Å². The zero-order chi connectivity index (χ0) is 22.2. The van der Waals surface area contributed by atoms with E-state index in [4.69, 9.17) is 4.98 Å². The summed E-state index contributed by atoms with van der Waals surface area (Å²) in [5, 5.41) is 1.02. The molecule has 8 heteroatoms. The van der Waals surface area contributed by atoms with Crippen molar-refractivity contribution in [1.82, 2.24) is 23.9 Å². The van der Waals surface area contributed by atoms with Crippen molar-refractivity contribution in [2.24, 2.45) is 0 Å². The molecule has 0 atom stereocenters. The molecule has 0 aliphatic rings. The third-order valence-electron chi connectivity index (χ3n) is 5.10. The van der Waals surface area contributed by atoms with Gasteiger partial charge in [0.25, 0.3) is 11.1 Å². The number of para-hydroxylation sites is 1. The summed E-state index contributed by atoms with van der Waals surface area (Å²) in [7, 11) is 0. The highest BCUT2D eigenvalue weighted by molar-refractivity contribution is 7.98. The number of rotatable bonds is 4. The number of hydrogen-bond donors (Lipinski definition) is 0. The van der Waals surface area contributed by atoms with E-state index < -0.39 is 0 Å². The van der Waals surface area contributed by atoms with Gasteiger partial charge in [0.05, 0.1) is 16.6 Å². The average Bonchev–Trinajstić information content (AvgIpc) is 2.77. The lowest BCUT2D eigenvalue weighted by Gasteiger charge is -2.13. The number of hydrogen-bond acceptors (Lipinski definition) is 6. The first-order chi connectivity index (χ1) is 15.5. The highest BCUT2D eigenvalue weighted by Crippen LogP contribution is 2.23. The second-order valence-electron chi connectivity index (χ2n) is 7.55. The Labute approximate surface area is 187 Å². The summed E-state index contributed by atoms with van der Waals surface area (Å²) in [5.41, 5.74) is 3.52. The van der Waals surface area contributed by atoms with Crippen molar-refractivity contribution in [1.29, 1.82) is 0 Å². The average molecular weight is 442 g/mol. The van der Waals surface area contributed by atoms with Crippen molar-refractivity contribution in [2.75, 3.05) is 0 Å². The van der Waals surface area contributed by atoms with Gasteiger partial charge in [0.15, 0.2) is 5.16 Å². The minimum absolute atomic E-state index is 0.144. The van der Waals surface area contributed by atoms with Gasteiger partial charge >= 0.3 is 0 Å². The first kappa shape index (κ1) is 20.1. The Balaban J connectivity index is 1.61. The van der Waals surface area contributed by atoms with Crippen molar-refractivity contribution in [3.8, 4) is 5.82 Å². The van der Waals surface area contributed by atoms with Crippen molar-refractivity contribution in [2.45, 2.75) is 24.8 Å². The summed E-state index contributed by atoms with van der Waals surface area (Å²) < 4.78 is 3.04. The zero-order valence-electron chi connectivity index (χ0n) is 17.5. The number of benzene rings is 1. The zero-order valence-corrected chi connectivity index (χ0v) is 18.3. The van der Waals surface area contributed by atoms with Gasteiger partial charge in [-0.1, -0.05) is 23.9 Å². The summed E-state index contributed by atoms with van der Waals surface area (Å²) in [4.78, 5) is 39.6. The van der Waals surface area contributed by atoms with Crippen LogP contribution in [0.1, 0.15) is 16.8 Å². The van der Waals surface area contributed by atoms with E-state index in [2.05, 4.69) is 9.97 Å². The molecule has 0 spiro atoms. The van der Waals surface area contributed by atoms with Crippen LogP contribution >= 0.6 is 11.8 Å². The maximum Gasteiger partial charge on any atom is 0.267 e. The molecule has 0 aliphatic heterocycles. The highest BCUT2D eigenvalue weighted by Gasteiger charge is 2.15. The molecule has 158 valence electrons. The maximum absolute atomic E-state index is 13.3. The molecule has 7 nitrogen and oxygen atoms in total. The van der Waals surface area contributed by atoms with Gasteiger partial charge in [0.1, 0.15) is 11.5 Å². The number of aromatic nitrogens is 5. The van der Waals surface area contributed by atoms with Gasteiger partial charge in [-0.15, -0.1) is 0 Å². The fraction of sp³-hybridized carbons (Fsp3) is 0.125.